The standard InChI is InChI=1S/C17H24N4OS/c1-12(14(3)21-8-4-7-18-21)19-13(2)17(22)20-9-5-16-15(11-20)6-10-23-16/h4,6-8,10,12-14,19H,5,9,11H2,1-3H3/t12-,13+,14-/m1/s1. The molecular formula is C17H24N4OS. The van der Waals surface area contributed by atoms with Crippen LogP contribution < -0.4 is 5.32 Å². The van der Waals surface area contributed by atoms with Gasteiger partial charge in [0.15, 0.2) is 0 Å². The first-order valence-corrected chi connectivity index (χ1v) is 9.03. The van der Waals surface area contributed by atoms with Crippen LogP contribution in [0.15, 0.2) is 29.9 Å². The maximum absolute atomic E-state index is 12.7. The number of rotatable bonds is 5. The molecule has 5 nitrogen and oxygen atoms in total. The molecule has 3 heterocycles. The van der Waals surface area contributed by atoms with Crippen LogP contribution in [0.2, 0.25) is 0 Å². The summed E-state index contributed by atoms with van der Waals surface area (Å²) >= 11 is 1.80. The minimum atomic E-state index is -0.191. The van der Waals surface area contributed by atoms with Gasteiger partial charge in [0.05, 0.1) is 12.1 Å². The second-order valence-electron chi connectivity index (χ2n) is 6.28. The van der Waals surface area contributed by atoms with Crippen LogP contribution in [-0.4, -0.2) is 39.2 Å². The number of hydrogen-bond donors (Lipinski definition) is 1. The van der Waals surface area contributed by atoms with Crippen LogP contribution in [0.4, 0.5) is 0 Å². The maximum atomic E-state index is 12.7. The monoisotopic (exact) mass is 332 g/mol. The van der Waals surface area contributed by atoms with E-state index in [-0.39, 0.29) is 24.0 Å². The molecule has 2 aromatic rings. The van der Waals surface area contributed by atoms with Crippen LogP contribution in [0, 0.1) is 0 Å². The Balaban J connectivity index is 1.57. The molecule has 3 atom stereocenters. The van der Waals surface area contributed by atoms with Crippen molar-refractivity contribution in [1.29, 1.82) is 0 Å². The zero-order valence-electron chi connectivity index (χ0n) is 13.9. The molecular weight excluding hydrogens is 308 g/mol. The second-order valence-corrected chi connectivity index (χ2v) is 7.28. The first-order chi connectivity index (χ1) is 11.1. The number of hydrogen-bond acceptors (Lipinski definition) is 4. The fourth-order valence-electron chi connectivity index (χ4n) is 3.07. The number of thiophene rings is 1. The highest BCUT2D eigenvalue weighted by molar-refractivity contribution is 7.10. The van der Waals surface area contributed by atoms with Crippen LogP contribution in [0.25, 0.3) is 0 Å². The number of fused-ring (bicyclic) bond motifs is 1. The fraction of sp³-hybridized carbons (Fsp3) is 0.529. The Labute approximate surface area is 141 Å². The van der Waals surface area contributed by atoms with Gasteiger partial charge in [-0.1, -0.05) is 0 Å². The van der Waals surface area contributed by atoms with E-state index in [9.17, 15) is 4.79 Å². The van der Waals surface area contributed by atoms with Gasteiger partial charge < -0.3 is 10.2 Å². The summed E-state index contributed by atoms with van der Waals surface area (Å²) in [6.45, 7) is 7.73. The van der Waals surface area contributed by atoms with Crippen LogP contribution in [0.3, 0.4) is 0 Å². The summed E-state index contributed by atoms with van der Waals surface area (Å²) in [6, 6.07) is 4.23. The number of carbonyl (C=O) groups is 1. The van der Waals surface area contributed by atoms with E-state index < -0.39 is 0 Å². The molecule has 0 spiro atoms. The molecule has 0 radical (unpaired) electrons. The average Bonchev–Trinajstić information content (AvgIpc) is 3.23. The first kappa shape index (κ1) is 16.2. The molecule has 0 saturated heterocycles. The van der Waals surface area contributed by atoms with Crippen molar-refractivity contribution in [3.05, 3.63) is 40.3 Å². The van der Waals surface area contributed by atoms with Gasteiger partial charge in [-0.25, -0.2) is 0 Å². The predicted molar refractivity (Wildman–Crippen MR) is 92.4 cm³/mol. The van der Waals surface area contributed by atoms with E-state index in [0.717, 1.165) is 19.5 Å². The van der Waals surface area contributed by atoms with Crippen LogP contribution in [-0.2, 0) is 17.8 Å². The lowest BCUT2D eigenvalue weighted by atomic mass is 10.1. The van der Waals surface area contributed by atoms with Gasteiger partial charge in [-0.15, -0.1) is 11.3 Å². The Morgan fingerprint density at radius 2 is 2.22 bits per heavy atom. The topological polar surface area (TPSA) is 50.2 Å². The number of amides is 1. The summed E-state index contributed by atoms with van der Waals surface area (Å²) in [6.07, 6.45) is 4.72. The van der Waals surface area contributed by atoms with Crippen molar-refractivity contribution >= 4 is 17.2 Å². The van der Waals surface area contributed by atoms with Gasteiger partial charge >= 0.3 is 0 Å². The summed E-state index contributed by atoms with van der Waals surface area (Å²) in [5, 5.41) is 9.83. The van der Waals surface area contributed by atoms with E-state index >= 15 is 0 Å². The largest absolute Gasteiger partial charge is 0.337 e. The second kappa shape index (κ2) is 6.84. The van der Waals surface area contributed by atoms with E-state index in [2.05, 4.69) is 35.7 Å². The van der Waals surface area contributed by atoms with Gasteiger partial charge in [0.25, 0.3) is 0 Å². The molecule has 2 aromatic heterocycles. The van der Waals surface area contributed by atoms with Crippen molar-refractivity contribution in [3.8, 4) is 0 Å². The van der Waals surface area contributed by atoms with Gasteiger partial charge in [-0.3, -0.25) is 9.48 Å². The van der Waals surface area contributed by atoms with Crippen LogP contribution >= 0.6 is 11.3 Å². The van der Waals surface area contributed by atoms with E-state index in [1.807, 2.05) is 28.8 Å². The van der Waals surface area contributed by atoms with E-state index in [4.69, 9.17) is 0 Å². The van der Waals surface area contributed by atoms with Crippen molar-refractivity contribution in [2.45, 2.75) is 51.9 Å². The zero-order chi connectivity index (χ0) is 16.4. The lowest BCUT2D eigenvalue weighted by Crippen LogP contribution is -2.50. The number of aromatic nitrogens is 2. The number of nitrogens with zero attached hydrogens (tertiary/aromatic N) is 3. The Bertz CT molecular complexity index is 651. The molecule has 1 aliphatic heterocycles. The third-order valence-corrected chi connectivity index (χ3v) is 5.69. The van der Waals surface area contributed by atoms with Crippen molar-refractivity contribution in [3.63, 3.8) is 0 Å². The molecule has 0 fully saturated rings. The molecule has 0 aromatic carbocycles. The summed E-state index contributed by atoms with van der Waals surface area (Å²) in [5.74, 6) is 0.182. The summed E-state index contributed by atoms with van der Waals surface area (Å²) < 4.78 is 1.92. The Hall–Kier alpha value is -1.66. The molecule has 0 aliphatic carbocycles. The van der Waals surface area contributed by atoms with Gasteiger partial charge in [-0.2, -0.15) is 5.10 Å². The van der Waals surface area contributed by atoms with Gasteiger partial charge in [0, 0.05) is 36.4 Å². The fourth-order valence-corrected chi connectivity index (χ4v) is 3.96. The number of nitrogens with one attached hydrogen (secondary N) is 1. The zero-order valence-corrected chi connectivity index (χ0v) is 14.7. The lowest BCUT2D eigenvalue weighted by molar-refractivity contribution is -0.134. The van der Waals surface area contributed by atoms with Crippen molar-refractivity contribution in [1.82, 2.24) is 20.0 Å². The van der Waals surface area contributed by atoms with Gasteiger partial charge in [-0.05, 0) is 50.3 Å². The minimum absolute atomic E-state index is 0.162. The molecule has 0 saturated carbocycles. The third kappa shape index (κ3) is 3.48. The Morgan fingerprint density at radius 3 is 2.96 bits per heavy atom. The molecule has 1 N–H and O–H groups in total. The predicted octanol–water partition coefficient (Wildman–Crippen LogP) is 2.46. The normalized spacial score (nSPS) is 18.3. The van der Waals surface area contributed by atoms with E-state index in [1.54, 1.807) is 17.5 Å². The lowest BCUT2D eigenvalue weighted by Gasteiger charge is -2.32. The van der Waals surface area contributed by atoms with Crippen molar-refractivity contribution in [2.75, 3.05) is 6.54 Å². The van der Waals surface area contributed by atoms with Crippen molar-refractivity contribution in [2.24, 2.45) is 0 Å². The quantitative estimate of drug-likeness (QED) is 0.915. The summed E-state index contributed by atoms with van der Waals surface area (Å²) in [7, 11) is 0. The smallest absolute Gasteiger partial charge is 0.239 e. The highest BCUT2D eigenvalue weighted by Gasteiger charge is 2.27. The van der Waals surface area contributed by atoms with Crippen LogP contribution in [0.5, 0.6) is 0 Å². The molecule has 1 amide bonds. The first-order valence-electron chi connectivity index (χ1n) is 8.15. The minimum Gasteiger partial charge on any atom is -0.337 e. The maximum Gasteiger partial charge on any atom is 0.239 e. The van der Waals surface area contributed by atoms with Gasteiger partial charge in [0.1, 0.15) is 0 Å². The number of carbonyl (C=O) groups excluding carboxylic acids is 1. The highest BCUT2D eigenvalue weighted by atomic mass is 32.1. The molecule has 0 unspecified atom stereocenters. The van der Waals surface area contributed by atoms with Crippen LogP contribution in [0.1, 0.15) is 37.3 Å². The summed E-state index contributed by atoms with van der Waals surface area (Å²) in [5.41, 5.74) is 1.31. The Morgan fingerprint density at radius 1 is 1.39 bits per heavy atom. The SMILES string of the molecule is C[C@H](N[C@H](C)[C@@H](C)n1cccn1)C(=O)N1CCc2sccc2C1. The average molecular weight is 332 g/mol. The van der Waals surface area contributed by atoms with E-state index in [1.165, 1.54) is 10.4 Å². The molecule has 3 rings (SSSR count). The highest BCUT2D eigenvalue weighted by Crippen LogP contribution is 2.24. The molecule has 6 heteroatoms. The summed E-state index contributed by atoms with van der Waals surface area (Å²) in [4.78, 5) is 16.1. The van der Waals surface area contributed by atoms with Crippen molar-refractivity contribution < 1.29 is 4.79 Å². The van der Waals surface area contributed by atoms with Gasteiger partial charge in [0.2, 0.25) is 5.91 Å². The molecule has 124 valence electrons. The molecule has 1 aliphatic rings. The molecule has 23 heavy (non-hydrogen) atoms. The Kier molecular flexibility index (Phi) is 4.82. The molecule has 0 bridgehead atoms. The third-order valence-electron chi connectivity index (χ3n) is 4.67. The van der Waals surface area contributed by atoms with E-state index in [0.29, 0.717) is 0 Å².